The van der Waals surface area contributed by atoms with Crippen molar-refractivity contribution < 1.29 is 33.9 Å². The van der Waals surface area contributed by atoms with Gasteiger partial charge in [-0.25, -0.2) is 4.79 Å². The number of amides is 5. The second-order valence-electron chi connectivity index (χ2n) is 7.48. The largest absolute Gasteiger partial charge is 0.480 e. The highest BCUT2D eigenvalue weighted by Crippen LogP contribution is 2.03. The smallest absolute Gasteiger partial charge is 0.326 e. The van der Waals surface area contributed by atoms with Crippen molar-refractivity contribution in [1.29, 1.82) is 0 Å². The number of carbonyl (C=O) groups is 6. The maximum Gasteiger partial charge on any atom is 0.326 e. The van der Waals surface area contributed by atoms with E-state index in [4.69, 9.17) is 17.2 Å². The zero-order chi connectivity index (χ0) is 24.1. The molecule has 0 saturated heterocycles. The average molecular weight is 444 g/mol. The summed E-state index contributed by atoms with van der Waals surface area (Å²) >= 11 is 0. The zero-order valence-corrected chi connectivity index (χ0v) is 17.7. The molecule has 0 aromatic carbocycles. The molecule has 0 aromatic rings. The maximum atomic E-state index is 12.5. The third-order valence-electron chi connectivity index (χ3n) is 4.11. The number of rotatable bonds is 15. The van der Waals surface area contributed by atoms with E-state index in [1.807, 2.05) is 13.8 Å². The molecule has 0 saturated carbocycles. The summed E-state index contributed by atoms with van der Waals surface area (Å²) in [4.78, 5) is 69.7. The molecule has 176 valence electrons. The second-order valence-corrected chi connectivity index (χ2v) is 7.48. The fourth-order valence-corrected chi connectivity index (χ4v) is 2.53. The van der Waals surface area contributed by atoms with Crippen LogP contribution in [0.5, 0.6) is 0 Å². The molecule has 0 radical (unpaired) electrons. The topological polar surface area (TPSA) is 237 Å². The van der Waals surface area contributed by atoms with E-state index in [0.29, 0.717) is 6.42 Å². The number of hydrogen-bond acceptors (Lipinski definition) is 7. The van der Waals surface area contributed by atoms with Gasteiger partial charge in [-0.1, -0.05) is 13.8 Å². The molecule has 0 heterocycles. The second kappa shape index (κ2) is 13.9. The molecule has 0 spiro atoms. The van der Waals surface area contributed by atoms with Gasteiger partial charge in [-0.05, 0) is 25.2 Å². The van der Waals surface area contributed by atoms with Gasteiger partial charge in [0.1, 0.15) is 12.1 Å². The minimum Gasteiger partial charge on any atom is -0.480 e. The summed E-state index contributed by atoms with van der Waals surface area (Å²) in [7, 11) is 0. The minimum atomic E-state index is -1.43. The molecule has 0 bridgehead atoms. The summed E-state index contributed by atoms with van der Waals surface area (Å²) in [5, 5.41) is 16.0. The lowest BCUT2D eigenvalue weighted by atomic mass is 10.0. The Labute approximate surface area is 179 Å². The van der Waals surface area contributed by atoms with Gasteiger partial charge in [0.15, 0.2) is 0 Å². The van der Waals surface area contributed by atoms with E-state index < -0.39 is 60.2 Å². The Kier molecular flexibility index (Phi) is 12.5. The number of carbonyl (C=O) groups excluding carboxylic acids is 5. The van der Waals surface area contributed by atoms with E-state index in [9.17, 15) is 33.9 Å². The first-order valence-electron chi connectivity index (χ1n) is 9.75. The fourth-order valence-electron chi connectivity index (χ4n) is 2.53. The van der Waals surface area contributed by atoms with Crippen LogP contribution in [0.25, 0.3) is 0 Å². The van der Waals surface area contributed by atoms with Crippen molar-refractivity contribution in [1.82, 2.24) is 16.0 Å². The molecule has 0 aliphatic rings. The standard InChI is InChI=1S/C18H32N6O7/c1-9(2)7-10(19)16(28)22-8-15(27)23-11(3-5-13(20)25)17(29)24-12(18(30)31)4-6-14(21)26/h9-12H,3-8,19H2,1-2H3,(H2,20,25)(H2,21,26)(H,22,28)(H,23,27)(H,24,29)(H,30,31). The quantitative estimate of drug-likeness (QED) is 0.137. The molecule has 13 heteroatoms. The first-order valence-corrected chi connectivity index (χ1v) is 9.75. The van der Waals surface area contributed by atoms with Gasteiger partial charge < -0.3 is 38.3 Å². The number of carboxylic acid groups (broad SMARTS) is 1. The molecule has 0 aliphatic heterocycles. The van der Waals surface area contributed by atoms with E-state index in [0.717, 1.165) is 0 Å². The number of nitrogens with one attached hydrogen (secondary N) is 3. The van der Waals surface area contributed by atoms with E-state index in [1.54, 1.807) is 0 Å². The van der Waals surface area contributed by atoms with Gasteiger partial charge in [-0.2, -0.15) is 0 Å². The van der Waals surface area contributed by atoms with Crippen molar-refractivity contribution >= 4 is 35.5 Å². The summed E-state index contributed by atoms with van der Waals surface area (Å²) < 4.78 is 0. The Hall–Kier alpha value is -3.22. The fraction of sp³-hybridized carbons (Fsp3) is 0.667. The average Bonchev–Trinajstić information content (AvgIpc) is 2.64. The summed E-state index contributed by atoms with van der Waals surface area (Å²) in [6.45, 7) is 3.29. The van der Waals surface area contributed by atoms with Crippen LogP contribution in [0.15, 0.2) is 0 Å². The highest BCUT2D eigenvalue weighted by Gasteiger charge is 2.27. The predicted molar refractivity (Wildman–Crippen MR) is 109 cm³/mol. The van der Waals surface area contributed by atoms with Gasteiger partial charge in [-0.3, -0.25) is 24.0 Å². The summed E-state index contributed by atoms with van der Waals surface area (Å²) in [5.41, 5.74) is 15.8. The van der Waals surface area contributed by atoms with Crippen molar-refractivity contribution in [2.24, 2.45) is 23.1 Å². The molecule has 3 atom stereocenters. The van der Waals surface area contributed by atoms with Crippen LogP contribution in [0, 0.1) is 5.92 Å². The van der Waals surface area contributed by atoms with Gasteiger partial charge in [0, 0.05) is 12.8 Å². The van der Waals surface area contributed by atoms with Crippen LogP contribution in [0.1, 0.15) is 46.0 Å². The third-order valence-corrected chi connectivity index (χ3v) is 4.11. The van der Waals surface area contributed by atoms with Crippen LogP contribution in [0.4, 0.5) is 0 Å². The highest BCUT2D eigenvalue weighted by molar-refractivity contribution is 5.93. The van der Waals surface area contributed by atoms with Gasteiger partial charge in [0.25, 0.3) is 0 Å². The summed E-state index contributed by atoms with van der Waals surface area (Å²) in [6, 6.07) is -3.53. The van der Waals surface area contributed by atoms with E-state index in [2.05, 4.69) is 16.0 Å². The monoisotopic (exact) mass is 444 g/mol. The van der Waals surface area contributed by atoms with Gasteiger partial charge in [0.2, 0.25) is 29.5 Å². The van der Waals surface area contributed by atoms with E-state index in [-0.39, 0.29) is 31.6 Å². The Morgan fingerprint density at radius 1 is 0.839 bits per heavy atom. The lowest BCUT2D eigenvalue weighted by Gasteiger charge is -2.21. The first kappa shape index (κ1) is 27.8. The molecule has 0 aliphatic carbocycles. The van der Waals surface area contributed by atoms with Crippen molar-refractivity contribution in [2.75, 3.05) is 6.54 Å². The summed E-state index contributed by atoms with van der Waals surface area (Å²) in [6.07, 6.45) is -0.577. The third kappa shape index (κ3) is 12.8. The number of nitrogens with two attached hydrogens (primary N) is 3. The Balaban J connectivity index is 4.99. The van der Waals surface area contributed by atoms with Crippen LogP contribution in [0.3, 0.4) is 0 Å². The normalized spacial score (nSPS) is 13.5. The number of aliphatic carboxylic acids is 1. The lowest BCUT2D eigenvalue weighted by molar-refractivity contribution is -0.142. The molecular formula is C18H32N6O7. The van der Waals surface area contributed by atoms with E-state index >= 15 is 0 Å². The molecule has 3 unspecified atom stereocenters. The molecule has 10 N–H and O–H groups in total. The van der Waals surface area contributed by atoms with Crippen LogP contribution < -0.4 is 33.2 Å². The van der Waals surface area contributed by atoms with Crippen LogP contribution in [0.2, 0.25) is 0 Å². The van der Waals surface area contributed by atoms with Gasteiger partial charge >= 0.3 is 5.97 Å². The minimum absolute atomic E-state index is 0.174. The number of carboxylic acids is 1. The van der Waals surface area contributed by atoms with Crippen molar-refractivity contribution in [3.05, 3.63) is 0 Å². The Bertz CT molecular complexity index is 682. The molecule has 5 amide bonds. The van der Waals surface area contributed by atoms with Gasteiger partial charge in [-0.15, -0.1) is 0 Å². The first-order chi connectivity index (χ1) is 14.3. The summed E-state index contributed by atoms with van der Waals surface area (Å²) in [5.74, 6) is -4.89. The lowest BCUT2D eigenvalue weighted by Crippen LogP contribution is -2.54. The predicted octanol–water partition coefficient (Wildman–Crippen LogP) is -2.94. The molecular weight excluding hydrogens is 412 g/mol. The molecule has 0 fully saturated rings. The van der Waals surface area contributed by atoms with Crippen molar-refractivity contribution in [3.8, 4) is 0 Å². The van der Waals surface area contributed by atoms with Crippen molar-refractivity contribution in [2.45, 2.75) is 64.1 Å². The van der Waals surface area contributed by atoms with Crippen LogP contribution in [-0.2, 0) is 28.8 Å². The molecule has 0 aromatic heterocycles. The Morgan fingerprint density at radius 3 is 1.81 bits per heavy atom. The van der Waals surface area contributed by atoms with Crippen LogP contribution in [-0.4, -0.2) is 65.3 Å². The SMILES string of the molecule is CC(C)CC(N)C(=O)NCC(=O)NC(CCC(N)=O)C(=O)NC(CCC(N)=O)C(=O)O. The van der Waals surface area contributed by atoms with E-state index in [1.165, 1.54) is 0 Å². The van der Waals surface area contributed by atoms with Crippen LogP contribution >= 0.6 is 0 Å². The van der Waals surface area contributed by atoms with Gasteiger partial charge in [0.05, 0.1) is 12.6 Å². The number of hydrogen-bond donors (Lipinski definition) is 7. The molecule has 0 rings (SSSR count). The zero-order valence-electron chi connectivity index (χ0n) is 17.7. The maximum absolute atomic E-state index is 12.5. The highest BCUT2D eigenvalue weighted by atomic mass is 16.4. The molecule has 31 heavy (non-hydrogen) atoms. The van der Waals surface area contributed by atoms with Crippen molar-refractivity contribution in [3.63, 3.8) is 0 Å². The Morgan fingerprint density at radius 2 is 1.35 bits per heavy atom. The molecule has 13 nitrogen and oxygen atoms in total. The number of primary amides is 2.